The average molecular weight is 419 g/mol. The highest BCUT2D eigenvalue weighted by atomic mass is 35.5. The molecule has 138 valence electrons. The van der Waals surface area contributed by atoms with Crippen molar-refractivity contribution in [2.24, 2.45) is 0 Å². The Balaban J connectivity index is 1.78. The molecule has 0 N–H and O–H groups in total. The molecule has 4 rings (SSSR count). The summed E-state index contributed by atoms with van der Waals surface area (Å²) in [6, 6.07) is 19.4. The number of carbonyl (C=O) groups excluding carboxylic acids is 1. The number of nitrogens with zero attached hydrogens (tertiary/aromatic N) is 2. The lowest BCUT2D eigenvalue weighted by Crippen LogP contribution is -2.49. The lowest BCUT2D eigenvalue weighted by Gasteiger charge is -2.34. The lowest BCUT2D eigenvalue weighted by atomic mass is 10.2. The van der Waals surface area contributed by atoms with Crippen LogP contribution >= 0.6 is 22.9 Å². The smallest absolute Gasteiger partial charge is 0.287 e. The van der Waals surface area contributed by atoms with Crippen molar-refractivity contribution < 1.29 is 13.2 Å². The van der Waals surface area contributed by atoms with Crippen molar-refractivity contribution >= 4 is 44.7 Å². The normalized spacial score (nSPS) is 15.7. The van der Waals surface area contributed by atoms with Gasteiger partial charge in [0.1, 0.15) is 0 Å². The van der Waals surface area contributed by atoms with Gasteiger partial charge in [-0.25, -0.2) is 9.10 Å². The first-order valence-corrected chi connectivity index (χ1v) is 10.8. The minimum absolute atomic E-state index is 0.0255. The Kier molecular flexibility index (Phi) is 4.67. The summed E-state index contributed by atoms with van der Waals surface area (Å²) in [6.45, 7) is 0.239. The second-order valence-corrected chi connectivity index (χ2v) is 9.82. The number of benzene rings is 2. The fraction of sp³-hybridized carbons (Fsp3) is 0.105. The minimum Gasteiger partial charge on any atom is -0.287 e. The molecule has 0 atom stereocenters. The highest BCUT2D eigenvalue weighted by molar-refractivity contribution is 7.92. The third-order valence-electron chi connectivity index (χ3n) is 4.26. The van der Waals surface area contributed by atoms with E-state index in [1.165, 1.54) is 4.90 Å². The Morgan fingerprint density at radius 1 is 0.889 bits per heavy atom. The number of fused-ring (bicyclic) bond motifs is 1. The van der Waals surface area contributed by atoms with E-state index in [1.807, 2.05) is 48.5 Å². The Hall–Kier alpha value is -2.35. The van der Waals surface area contributed by atoms with Crippen LogP contribution in [0.1, 0.15) is 11.1 Å². The second kappa shape index (κ2) is 6.99. The molecule has 1 aromatic heterocycles. The van der Waals surface area contributed by atoms with Crippen LogP contribution in [0.3, 0.4) is 0 Å². The quantitative estimate of drug-likeness (QED) is 0.615. The number of carbonyl (C=O) groups is 1. The second-order valence-electron chi connectivity index (χ2n) is 6.07. The molecule has 0 spiro atoms. The van der Waals surface area contributed by atoms with Crippen molar-refractivity contribution in [2.45, 2.75) is 17.3 Å². The Labute approximate surface area is 166 Å². The predicted molar refractivity (Wildman–Crippen MR) is 107 cm³/mol. The number of sulfonamides is 1. The molecular formula is C19H15ClN2O3S2. The number of thiophene rings is 1. The maximum absolute atomic E-state index is 13.2. The van der Waals surface area contributed by atoms with Crippen LogP contribution in [-0.2, 0) is 23.1 Å². The summed E-state index contributed by atoms with van der Waals surface area (Å²) in [4.78, 5) is 14.6. The van der Waals surface area contributed by atoms with E-state index in [0.717, 1.165) is 26.8 Å². The first kappa shape index (κ1) is 18.0. The van der Waals surface area contributed by atoms with Gasteiger partial charge in [0.05, 0.1) is 23.1 Å². The van der Waals surface area contributed by atoms with Gasteiger partial charge in [-0.1, -0.05) is 72.3 Å². The molecule has 3 aromatic rings. The Bertz CT molecular complexity index is 1080. The van der Waals surface area contributed by atoms with Gasteiger partial charge >= 0.3 is 6.03 Å². The average Bonchev–Trinajstić information content (AvgIpc) is 3.07. The fourth-order valence-corrected chi connectivity index (χ4v) is 6.28. The molecule has 1 aliphatic rings. The van der Waals surface area contributed by atoms with Gasteiger partial charge in [0.15, 0.2) is 4.21 Å². The summed E-state index contributed by atoms with van der Waals surface area (Å²) >= 11 is 7.07. The molecule has 1 aliphatic heterocycles. The zero-order valence-electron chi connectivity index (χ0n) is 14.1. The molecule has 0 bridgehead atoms. The fourth-order valence-electron chi connectivity index (χ4n) is 2.97. The molecule has 5 nitrogen and oxygen atoms in total. The molecule has 2 heterocycles. The van der Waals surface area contributed by atoms with Crippen LogP contribution in [0.4, 0.5) is 10.5 Å². The third kappa shape index (κ3) is 3.34. The van der Waals surface area contributed by atoms with Crippen molar-refractivity contribution in [3.63, 3.8) is 0 Å². The topological polar surface area (TPSA) is 57.7 Å². The van der Waals surface area contributed by atoms with Crippen LogP contribution < -0.4 is 4.90 Å². The molecule has 8 heteroatoms. The highest BCUT2D eigenvalue weighted by Crippen LogP contribution is 2.43. The molecule has 0 aliphatic carbocycles. The maximum atomic E-state index is 13.2. The van der Waals surface area contributed by atoms with Crippen LogP contribution in [0.5, 0.6) is 0 Å². The predicted octanol–water partition coefficient (Wildman–Crippen LogP) is 4.73. The Morgan fingerprint density at radius 2 is 1.44 bits per heavy atom. The number of amides is 2. The highest BCUT2D eigenvalue weighted by Gasteiger charge is 2.43. The minimum atomic E-state index is -3.96. The van der Waals surface area contributed by atoms with Gasteiger partial charge in [0.25, 0.3) is 10.0 Å². The Morgan fingerprint density at radius 3 is 2.04 bits per heavy atom. The molecule has 0 fully saturated rings. The van der Waals surface area contributed by atoms with Crippen LogP contribution in [0.25, 0.3) is 0 Å². The van der Waals surface area contributed by atoms with Gasteiger partial charge in [-0.3, -0.25) is 4.90 Å². The van der Waals surface area contributed by atoms with Crippen molar-refractivity contribution in [1.82, 2.24) is 4.31 Å². The third-order valence-corrected chi connectivity index (χ3v) is 7.73. The van der Waals surface area contributed by atoms with E-state index in [4.69, 9.17) is 11.6 Å². The van der Waals surface area contributed by atoms with Crippen LogP contribution in [-0.4, -0.2) is 18.8 Å². The van der Waals surface area contributed by atoms with Gasteiger partial charge in [-0.15, -0.1) is 11.3 Å². The largest absolute Gasteiger partial charge is 0.339 e. The SMILES string of the molecule is O=C1N(Cc2ccccc2)c2cc(Cl)sc2S(=O)(=O)N1Cc1ccccc1. The number of anilines is 1. The van der Waals surface area contributed by atoms with Gasteiger partial charge in [-0.05, 0) is 17.2 Å². The number of halogens is 1. The molecule has 2 aromatic carbocycles. The summed E-state index contributed by atoms with van der Waals surface area (Å²) in [6.07, 6.45) is 0. The van der Waals surface area contributed by atoms with E-state index in [0.29, 0.717) is 10.0 Å². The molecule has 0 saturated heterocycles. The van der Waals surface area contributed by atoms with E-state index in [1.54, 1.807) is 18.2 Å². The van der Waals surface area contributed by atoms with Crippen molar-refractivity contribution in [2.75, 3.05) is 4.90 Å². The molecule has 27 heavy (non-hydrogen) atoms. The van der Waals surface area contributed by atoms with Crippen LogP contribution in [0.15, 0.2) is 70.9 Å². The summed E-state index contributed by atoms with van der Waals surface area (Å²) in [7, 11) is -3.96. The zero-order chi connectivity index (χ0) is 19.0. The summed E-state index contributed by atoms with van der Waals surface area (Å²) in [5, 5.41) is 0. The van der Waals surface area contributed by atoms with Crippen LogP contribution in [0.2, 0.25) is 4.34 Å². The first-order valence-electron chi connectivity index (χ1n) is 8.18. The zero-order valence-corrected chi connectivity index (χ0v) is 16.5. The van der Waals surface area contributed by atoms with Crippen molar-refractivity contribution in [3.05, 3.63) is 82.2 Å². The summed E-state index contributed by atoms with van der Waals surface area (Å²) < 4.78 is 27.5. The number of hydrogen-bond donors (Lipinski definition) is 0. The maximum Gasteiger partial charge on any atom is 0.339 e. The van der Waals surface area contributed by atoms with Crippen LogP contribution in [0, 0.1) is 0 Å². The van der Waals surface area contributed by atoms with E-state index < -0.39 is 16.1 Å². The number of rotatable bonds is 4. The number of urea groups is 1. The molecular weight excluding hydrogens is 404 g/mol. The van der Waals surface area contributed by atoms with E-state index in [2.05, 4.69) is 0 Å². The van der Waals surface area contributed by atoms with Gasteiger partial charge < -0.3 is 0 Å². The van der Waals surface area contributed by atoms with Gasteiger partial charge in [-0.2, -0.15) is 8.42 Å². The molecule has 0 radical (unpaired) electrons. The van der Waals surface area contributed by atoms with Gasteiger partial charge in [0, 0.05) is 0 Å². The number of hydrogen-bond acceptors (Lipinski definition) is 4. The van der Waals surface area contributed by atoms with Crippen molar-refractivity contribution in [1.29, 1.82) is 0 Å². The van der Waals surface area contributed by atoms with E-state index in [9.17, 15) is 13.2 Å². The van der Waals surface area contributed by atoms with E-state index >= 15 is 0 Å². The monoisotopic (exact) mass is 418 g/mol. The lowest BCUT2D eigenvalue weighted by molar-refractivity contribution is 0.226. The standard InChI is InChI=1S/C19H15ClN2O3S2/c20-17-11-16-18(26-17)27(24,25)22(13-15-9-5-2-6-10-15)19(23)21(16)12-14-7-3-1-4-8-14/h1-11H,12-13H2. The molecule has 0 unspecified atom stereocenters. The summed E-state index contributed by atoms with van der Waals surface area (Å²) in [5.74, 6) is 0. The first-order chi connectivity index (χ1) is 13.0. The van der Waals surface area contributed by atoms with E-state index in [-0.39, 0.29) is 17.3 Å². The van der Waals surface area contributed by atoms with Gasteiger partial charge in [0.2, 0.25) is 0 Å². The molecule has 0 saturated carbocycles. The summed E-state index contributed by atoms with van der Waals surface area (Å²) in [5.41, 5.74) is 1.97. The van der Waals surface area contributed by atoms with Crippen molar-refractivity contribution in [3.8, 4) is 0 Å². The molecule has 2 amide bonds.